The number of nitrogens with zero attached hydrogens (tertiary/aromatic N) is 4. The molecule has 0 atom stereocenters. The number of carbonyl (C=O) groups is 1. The molecular formula is C23H23F3N4O2S. The summed E-state index contributed by atoms with van der Waals surface area (Å²) in [5.41, 5.74) is -1.22. The minimum atomic E-state index is -4.41. The van der Waals surface area contributed by atoms with E-state index in [0.29, 0.717) is 37.6 Å². The van der Waals surface area contributed by atoms with Crippen LogP contribution in [-0.4, -0.2) is 46.8 Å². The molecule has 3 aromatic rings. The van der Waals surface area contributed by atoms with Crippen LogP contribution in [-0.2, 0) is 16.5 Å². The zero-order valence-corrected chi connectivity index (χ0v) is 19.0. The smallest absolute Gasteiger partial charge is 0.368 e. The fraction of sp³-hybridized carbons (Fsp3) is 0.348. The summed E-state index contributed by atoms with van der Waals surface area (Å²) in [5.74, 6) is -0.260. The topological polar surface area (TPSA) is 58.4 Å². The Bertz CT molecular complexity index is 1200. The van der Waals surface area contributed by atoms with E-state index in [9.17, 15) is 22.8 Å². The van der Waals surface area contributed by atoms with E-state index >= 15 is 0 Å². The quantitative estimate of drug-likeness (QED) is 0.570. The number of aromatic nitrogens is 2. The minimum Gasteiger partial charge on any atom is -0.368 e. The number of hydrogen-bond acceptors (Lipinski definition) is 5. The van der Waals surface area contributed by atoms with E-state index in [4.69, 9.17) is 0 Å². The molecule has 6 nitrogen and oxygen atoms in total. The zero-order chi connectivity index (χ0) is 23.8. The summed E-state index contributed by atoms with van der Waals surface area (Å²) in [7, 11) is 0. The molecule has 0 radical (unpaired) electrons. The molecule has 0 spiro atoms. The highest BCUT2D eigenvalue weighted by Gasteiger charge is 2.37. The number of carbonyl (C=O) groups excluding carboxylic acids is 1. The van der Waals surface area contributed by atoms with Gasteiger partial charge >= 0.3 is 6.18 Å². The average Bonchev–Trinajstić information content (AvgIpc) is 3.33. The summed E-state index contributed by atoms with van der Waals surface area (Å²) in [6, 6.07) is 12.0. The first kappa shape index (κ1) is 23.0. The first-order chi connectivity index (χ1) is 15.6. The highest BCUT2D eigenvalue weighted by Crippen LogP contribution is 2.32. The predicted octanol–water partition coefficient (Wildman–Crippen LogP) is 4.07. The number of alkyl halides is 3. The number of halogens is 3. The van der Waals surface area contributed by atoms with Gasteiger partial charge in [-0.05, 0) is 49.6 Å². The highest BCUT2D eigenvalue weighted by molar-refractivity contribution is 7.13. The Labute approximate surface area is 192 Å². The van der Waals surface area contributed by atoms with Gasteiger partial charge in [-0.3, -0.25) is 9.59 Å². The van der Waals surface area contributed by atoms with Crippen molar-refractivity contribution < 1.29 is 18.0 Å². The SMILES string of the molecule is CC(C)(C(=O)N1CCN(c2cccc(C(F)(F)F)c2)CC1)n1nc(-c2cccs2)ccc1=O. The van der Waals surface area contributed by atoms with Crippen LogP contribution in [0.2, 0.25) is 0 Å². The maximum Gasteiger partial charge on any atom is 0.416 e. The van der Waals surface area contributed by atoms with E-state index in [1.165, 1.54) is 28.2 Å². The lowest BCUT2D eigenvalue weighted by molar-refractivity contribution is -0.140. The van der Waals surface area contributed by atoms with Crippen LogP contribution in [0.25, 0.3) is 10.6 Å². The van der Waals surface area contributed by atoms with Crippen LogP contribution >= 0.6 is 11.3 Å². The van der Waals surface area contributed by atoms with Gasteiger partial charge in [0.2, 0.25) is 5.91 Å². The molecule has 0 N–H and O–H groups in total. The van der Waals surface area contributed by atoms with Crippen molar-refractivity contribution in [3.63, 3.8) is 0 Å². The fourth-order valence-electron chi connectivity index (χ4n) is 3.89. The van der Waals surface area contributed by atoms with Gasteiger partial charge in [0.25, 0.3) is 5.56 Å². The molecule has 1 amide bonds. The third-order valence-electron chi connectivity index (χ3n) is 5.73. The molecular weight excluding hydrogens is 453 g/mol. The van der Waals surface area contributed by atoms with Gasteiger partial charge < -0.3 is 9.80 Å². The third-order valence-corrected chi connectivity index (χ3v) is 6.62. The van der Waals surface area contributed by atoms with Crippen LogP contribution in [0.15, 0.2) is 58.7 Å². The predicted molar refractivity (Wildman–Crippen MR) is 121 cm³/mol. The second-order valence-electron chi connectivity index (χ2n) is 8.33. The second kappa shape index (κ2) is 8.66. The molecule has 0 aliphatic carbocycles. The van der Waals surface area contributed by atoms with Crippen molar-refractivity contribution >= 4 is 22.9 Å². The van der Waals surface area contributed by atoms with Gasteiger partial charge in [-0.1, -0.05) is 12.1 Å². The van der Waals surface area contributed by atoms with E-state index in [-0.39, 0.29) is 11.5 Å². The van der Waals surface area contributed by atoms with Crippen LogP contribution in [0.5, 0.6) is 0 Å². The maximum absolute atomic E-state index is 13.4. The van der Waals surface area contributed by atoms with Crippen LogP contribution < -0.4 is 10.5 Å². The van der Waals surface area contributed by atoms with Crippen molar-refractivity contribution in [3.8, 4) is 10.6 Å². The van der Waals surface area contributed by atoms with Gasteiger partial charge in [0.15, 0.2) is 0 Å². The standard InChI is InChI=1S/C23H23F3N4O2S/c1-22(2,30-20(31)9-8-18(27-30)19-7-4-14-33-19)21(32)29-12-10-28(11-13-29)17-6-3-5-16(15-17)23(24,25)26/h3-9,14-15H,10-13H2,1-2H3. The Morgan fingerprint density at radius 2 is 1.73 bits per heavy atom. The zero-order valence-electron chi connectivity index (χ0n) is 18.2. The maximum atomic E-state index is 13.4. The molecule has 0 unspecified atom stereocenters. The number of amides is 1. The Kier molecular flexibility index (Phi) is 6.04. The van der Waals surface area contributed by atoms with E-state index in [0.717, 1.165) is 17.0 Å². The van der Waals surface area contributed by atoms with Crippen LogP contribution in [0.4, 0.5) is 18.9 Å². The molecule has 3 heterocycles. The van der Waals surface area contributed by atoms with Gasteiger partial charge in [-0.25, -0.2) is 4.68 Å². The molecule has 10 heteroatoms. The van der Waals surface area contributed by atoms with Crippen molar-refractivity contribution in [1.29, 1.82) is 0 Å². The van der Waals surface area contributed by atoms with E-state index in [1.54, 1.807) is 30.9 Å². The van der Waals surface area contributed by atoms with E-state index < -0.39 is 17.3 Å². The molecule has 1 aliphatic heterocycles. The van der Waals surface area contributed by atoms with Crippen LogP contribution in [0.1, 0.15) is 19.4 Å². The number of hydrogen-bond donors (Lipinski definition) is 0. The first-order valence-electron chi connectivity index (χ1n) is 10.4. The van der Waals surface area contributed by atoms with Gasteiger partial charge in [0.05, 0.1) is 10.4 Å². The molecule has 0 saturated carbocycles. The van der Waals surface area contributed by atoms with E-state index in [1.807, 2.05) is 22.4 Å². The lowest BCUT2D eigenvalue weighted by Gasteiger charge is -2.39. The van der Waals surface area contributed by atoms with Crippen molar-refractivity contribution in [1.82, 2.24) is 14.7 Å². The molecule has 1 fully saturated rings. The number of thiophene rings is 1. The van der Waals surface area contributed by atoms with Gasteiger partial charge in [0.1, 0.15) is 11.2 Å². The van der Waals surface area contributed by atoms with Crippen molar-refractivity contribution in [3.05, 3.63) is 69.8 Å². The summed E-state index contributed by atoms with van der Waals surface area (Å²) in [6.45, 7) is 4.75. The number of piperazine rings is 1. The first-order valence-corrected chi connectivity index (χ1v) is 11.3. The summed E-state index contributed by atoms with van der Waals surface area (Å²) in [5, 5.41) is 6.36. The molecule has 1 aromatic carbocycles. The molecule has 33 heavy (non-hydrogen) atoms. The highest BCUT2D eigenvalue weighted by atomic mass is 32.1. The molecule has 4 rings (SSSR count). The van der Waals surface area contributed by atoms with Gasteiger partial charge in [-0.2, -0.15) is 18.3 Å². The van der Waals surface area contributed by atoms with Crippen molar-refractivity contribution in [2.75, 3.05) is 31.1 Å². The Morgan fingerprint density at radius 1 is 1.00 bits per heavy atom. The summed E-state index contributed by atoms with van der Waals surface area (Å²) in [6.07, 6.45) is -4.41. The largest absolute Gasteiger partial charge is 0.416 e. The lowest BCUT2D eigenvalue weighted by atomic mass is 10.0. The van der Waals surface area contributed by atoms with Crippen molar-refractivity contribution in [2.45, 2.75) is 25.6 Å². The van der Waals surface area contributed by atoms with Gasteiger partial charge in [-0.15, -0.1) is 11.3 Å². The fourth-order valence-corrected chi connectivity index (χ4v) is 4.58. The van der Waals surface area contributed by atoms with Crippen LogP contribution in [0, 0.1) is 0 Å². The van der Waals surface area contributed by atoms with E-state index in [2.05, 4.69) is 5.10 Å². The van der Waals surface area contributed by atoms with Crippen LogP contribution in [0.3, 0.4) is 0 Å². The summed E-state index contributed by atoms with van der Waals surface area (Å²) in [4.78, 5) is 30.3. The minimum absolute atomic E-state index is 0.260. The number of anilines is 1. The Balaban J connectivity index is 1.50. The molecule has 2 aromatic heterocycles. The number of benzene rings is 1. The summed E-state index contributed by atoms with van der Waals surface area (Å²) >= 11 is 1.49. The monoisotopic (exact) mass is 476 g/mol. The molecule has 174 valence electrons. The average molecular weight is 477 g/mol. The molecule has 1 saturated heterocycles. The second-order valence-corrected chi connectivity index (χ2v) is 9.28. The lowest BCUT2D eigenvalue weighted by Crippen LogP contribution is -2.56. The summed E-state index contributed by atoms with van der Waals surface area (Å²) < 4.78 is 40.3. The number of rotatable bonds is 4. The Morgan fingerprint density at radius 3 is 2.36 bits per heavy atom. The molecule has 0 bridgehead atoms. The third kappa shape index (κ3) is 4.66. The normalized spacial score (nSPS) is 15.1. The molecule has 1 aliphatic rings. The van der Waals surface area contributed by atoms with Crippen molar-refractivity contribution in [2.24, 2.45) is 0 Å². The Hall–Kier alpha value is -3.14. The van der Waals surface area contributed by atoms with Gasteiger partial charge in [0, 0.05) is 37.9 Å².